The van der Waals surface area contributed by atoms with Crippen LogP contribution in [0.4, 0.5) is 0 Å². The van der Waals surface area contributed by atoms with Gasteiger partial charge in [-0.2, -0.15) is 0 Å². The fourth-order valence-electron chi connectivity index (χ4n) is 3.21. The average Bonchev–Trinajstić information content (AvgIpc) is 2.18. The van der Waals surface area contributed by atoms with Crippen molar-refractivity contribution in [2.45, 2.75) is 64.2 Å². The van der Waals surface area contributed by atoms with E-state index in [2.05, 4.69) is 12.2 Å². The molecule has 0 amide bonds. The predicted molar refractivity (Wildman–Crippen MR) is 62.3 cm³/mol. The van der Waals surface area contributed by atoms with E-state index < -0.39 is 0 Å². The van der Waals surface area contributed by atoms with Crippen LogP contribution >= 0.6 is 0 Å². The summed E-state index contributed by atoms with van der Waals surface area (Å²) in [5, 5.41) is 0. The van der Waals surface area contributed by atoms with Crippen molar-refractivity contribution in [1.29, 1.82) is 0 Å². The van der Waals surface area contributed by atoms with E-state index in [1.165, 1.54) is 64.2 Å². The molecule has 2 rings (SSSR count). The summed E-state index contributed by atoms with van der Waals surface area (Å²) in [7, 11) is 0. The first kappa shape index (κ1) is 10.3. The third-order valence-corrected chi connectivity index (χ3v) is 4.12. The van der Waals surface area contributed by atoms with Gasteiger partial charge in [0.15, 0.2) is 0 Å². The second-order valence-electron chi connectivity index (χ2n) is 5.15. The highest BCUT2D eigenvalue weighted by Crippen LogP contribution is 2.35. The van der Waals surface area contributed by atoms with Gasteiger partial charge in [0.1, 0.15) is 0 Å². The Morgan fingerprint density at radius 2 is 1.36 bits per heavy atom. The molecular weight excluding hydrogens is 168 g/mol. The van der Waals surface area contributed by atoms with Gasteiger partial charge in [0.05, 0.1) is 0 Å². The number of hydrogen-bond donors (Lipinski definition) is 0. The van der Waals surface area contributed by atoms with E-state index in [1.54, 1.807) is 0 Å². The average molecular weight is 192 g/mol. The molecule has 0 nitrogen and oxygen atoms in total. The molecule has 2 aliphatic carbocycles. The summed E-state index contributed by atoms with van der Waals surface area (Å²) in [5.41, 5.74) is 0. The van der Waals surface area contributed by atoms with Gasteiger partial charge in [-0.1, -0.05) is 50.7 Å². The van der Waals surface area contributed by atoms with Crippen LogP contribution in [0.5, 0.6) is 0 Å². The molecule has 2 aliphatic rings. The van der Waals surface area contributed by atoms with Gasteiger partial charge in [-0.3, -0.25) is 0 Å². The van der Waals surface area contributed by atoms with Crippen LogP contribution in [-0.4, -0.2) is 0 Å². The maximum atomic E-state index is 2.46. The third kappa shape index (κ3) is 2.87. The molecule has 0 aromatic carbocycles. The fraction of sp³-hybridized carbons (Fsp3) is 0.857. The number of hydrogen-bond acceptors (Lipinski definition) is 0. The van der Waals surface area contributed by atoms with Crippen LogP contribution in [0.2, 0.25) is 0 Å². The van der Waals surface area contributed by atoms with Crippen molar-refractivity contribution in [1.82, 2.24) is 0 Å². The summed E-state index contributed by atoms with van der Waals surface area (Å²) in [6, 6.07) is 0. The minimum absolute atomic E-state index is 1.03. The molecule has 1 unspecified atom stereocenters. The molecule has 1 fully saturated rings. The van der Waals surface area contributed by atoms with Gasteiger partial charge in [-0.25, -0.2) is 0 Å². The summed E-state index contributed by atoms with van der Waals surface area (Å²) >= 11 is 0. The Balaban J connectivity index is 1.86. The van der Waals surface area contributed by atoms with Crippen molar-refractivity contribution in [3.63, 3.8) is 0 Å². The zero-order chi connectivity index (χ0) is 9.64. The predicted octanol–water partition coefficient (Wildman–Crippen LogP) is 4.70. The molecule has 0 aliphatic heterocycles. The minimum Gasteiger partial charge on any atom is -0.0885 e. The monoisotopic (exact) mass is 192 g/mol. The first-order valence-corrected chi connectivity index (χ1v) is 6.62. The van der Waals surface area contributed by atoms with Gasteiger partial charge in [0.25, 0.3) is 0 Å². The lowest BCUT2D eigenvalue weighted by Crippen LogP contribution is -2.18. The standard InChI is InChI=1S/C14H24/c1-2-5-9-13(10-6-3-1)14-11-7-4-8-12-14/h2,5,13-14H,1,3-4,6-12H2/b5-2+. The molecular formula is C14H24. The Kier molecular flexibility index (Phi) is 4.09. The summed E-state index contributed by atoms with van der Waals surface area (Å²) in [4.78, 5) is 0. The molecule has 0 bridgehead atoms. The van der Waals surface area contributed by atoms with Crippen LogP contribution in [0.3, 0.4) is 0 Å². The maximum Gasteiger partial charge on any atom is -0.0320 e. The van der Waals surface area contributed by atoms with Gasteiger partial charge in [-0.05, 0) is 37.5 Å². The second-order valence-corrected chi connectivity index (χ2v) is 5.15. The van der Waals surface area contributed by atoms with E-state index in [0.717, 1.165) is 11.8 Å². The van der Waals surface area contributed by atoms with Gasteiger partial charge in [0, 0.05) is 0 Å². The highest BCUT2D eigenvalue weighted by atomic mass is 14.3. The van der Waals surface area contributed by atoms with Crippen molar-refractivity contribution >= 4 is 0 Å². The fourth-order valence-corrected chi connectivity index (χ4v) is 3.21. The zero-order valence-electron chi connectivity index (χ0n) is 9.38. The SMILES string of the molecule is C1=C/CC(C2CCCCC2)CCCC/1. The quantitative estimate of drug-likeness (QED) is 0.528. The van der Waals surface area contributed by atoms with E-state index in [4.69, 9.17) is 0 Å². The highest BCUT2D eigenvalue weighted by molar-refractivity contribution is 4.88. The van der Waals surface area contributed by atoms with Gasteiger partial charge in [-0.15, -0.1) is 0 Å². The molecule has 0 N–H and O–H groups in total. The zero-order valence-corrected chi connectivity index (χ0v) is 9.38. The van der Waals surface area contributed by atoms with Crippen LogP contribution in [0.15, 0.2) is 12.2 Å². The van der Waals surface area contributed by atoms with Gasteiger partial charge < -0.3 is 0 Å². The van der Waals surface area contributed by atoms with Crippen molar-refractivity contribution in [3.8, 4) is 0 Å². The first-order valence-electron chi connectivity index (χ1n) is 6.62. The lowest BCUT2D eigenvalue weighted by molar-refractivity contribution is 0.231. The molecule has 0 radical (unpaired) electrons. The van der Waals surface area contributed by atoms with Crippen LogP contribution in [0, 0.1) is 11.8 Å². The molecule has 0 saturated heterocycles. The maximum absolute atomic E-state index is 2.46. The van der Waals surface area contributed by atoms with E-state index in [1.807, 2.05) is 0 Å². The Hall–Kier alpha value is -0.260. The molecule has 1 saturated carbocycles. The number of allylic oxidation sites excluding steroid dienone is 2. The Morgan fingerprint density at radius 3 is 2.21 bits per heavy atom. The summed E-state index contributed by atoms with van der Waals surface area (Å²) in [6.45, 7) is 0. The Labute approximate surface area is 88.8 Å². The normalized spacial score (nSPS) is 33.3. The van der Waals surface area contributed by atoms with E-state index in [9.17, 15) is 0 Å². The summed E-state index contributed by atoms with van der Waals surface area (Å²) in [5.74, 6) is 2.11. The summed E-state index contributed by atoms with van der Waals surface area (Å²) in [6.07, 6.45) is 19.6. The summed E-state index contributed by atoms with van der Waals surface area (Å²) < 4.78 is 0. The molecule has 0 heteroatoms. The Bertz CT molecular complexity index is 174. The smallest absolute Gasteiger partial charge is 0.0320 e. The van der Waals surface area contributed by atoms with Crippen molar-refractivity contribution < 1.29 is 0 Å². The van der Waals surface area contributed by atoms with Crippen LogP contribution < -0.4 is 0 Å². The van der Waals surface area contributed by atoms with Gasteiger partial charge in [0.2, 0.25) is 0 Å². The largest absolute Gasteiger partial charge is 0.0885 e. The van der Waals surface area contributed by atoms with Crippen LogP contribution in [0.25, 0.3) is 0 Å². The topological polar surface area (TPSA) is 0 Å². The van der Waals surface area contributed by atoms with Crippen molar-refractivity contribution in [3.05, 3.63) is 12.2 Å². The molecule has 14 heavy (non-hydrogen) atoms. The lowest BCUT2D eigenvalue weighted by atomic mass is 9.76. The first-order chi connectivity index (χ1) is 6.97. The van der Waals surface area contributed by atoms with Crippen molar-refractivity contribution in [2.75, 3.05) is 0 Å². The van der Waals surface area contributed by atoms with Crippen LogP contribution in [0.1, 0.15) is 64.2 Å². The van der Waals surface area contributed by atoms with Crippen LogP contribution in [-0.2, 0) is 0 Å². The van der Waals surface area contributed by atoms with E-state index in [-0.39, 0.29) is 0 Å². The molecule has 80 valence electrons. The van der Waals surface area contributed by atoms with Crippen molar-refractivity contribution in [2.24, 2.45) is 11.8 Å². The second kappa shape index (κ2) is 5.58. The third-order valence-electron chi connectivity index (χ3n) is 4.12. The highest BCUT2D eigenvalue weighted by Gasteiger charge is 2.22. The molecule has 0 spiro atoms. The minimum atomic E-state index is 1.03. The van der Waals surface area contributed by atoms with E-state index in [0.29, 0.717) is 0 Å². The Morgan fingerprint density at radius 1 is 0.643 bits per heavy atom. The molecule has 0 aromatic rings. The number of rotatable bonds is 1. The molecule has 1 atom stereocenters. The molecule has 0 heterocycles. The lowest BCUT2D eigenvalue weighted by Gasteiger charge is -2.30. The van der Waals surface area contributed by atoms with Gasteiger partial charge >= 0.3 is 0 Å². The molecule has 0 aromatic heterocycles. The van der Waals surface area contributed by atoms with E-state index >= 15 is 0 Å².